The maximum absolute atomic E-state index is 13.6. The molecule has 0 radical (unpaired) electrons. The van der Waals surface area contributed by atoms with E-state index in [1.807, 2.05) is 6.07 Å². The lowest BCUT2D eigenvalue weighted by Gasteiger charge is -2.24. The molecule has 6 heteroatoms. The predicted octanol–water partition coefficient (Wildman–Crippen LogP) is 3.97. The van der Waals surface area contributed by atoms with Gasteiger partial charge in [-0.1, -0.05) is 30.3 Å². The number of aromatic carboxylic acids is 1. The highest BCUT2D eigenvalue weighted by Gasteiger charge is 2.27. The first-order chi connectivity index (χ1) is 10.8. The van der Waals surface area contributed by atoms with Crippen molar-refractivity contribution in [3.63, 3.8) is 0 Å². The van der Waals surface area contributed by atoms with E-state index in [0.29, 0.717) is 0 Å². The lowest BCUT2D eigenvalue weighted by Crippen LogP contribution is -2.27. The summed E-state index contributed by atoms with van der Waals surface area (Å²) in [6.45, 7) is 3.32. The molecule has 0 spiro atoms. The second-order valence-electron chi connectivity index (χ2n) is 5.28. The van der Waals surface area contributed by atoms with Gasteiger partial charge in [0, 0.05) is 0 Å². The van der Waals surface area contributed by atoms with Crippen LogP contribution in [0, 0.1) is 5.82 Å². The summed E-state index contributed by atoms with van der Waals surface area (Å²) in [5, 5.41) is 8.88. The van der Waals surface area contributed by atoms with E-state index in [4.69, 9.17) is 14.6 Å². The summed E-state index contributed by atoms with van der Waals surface area (Å²) in [5.74, 6) is -2.61. The molecule has 2 rings (SSSR count). The summed E-state index contributed by atoms with van der Waals surface area (Å²) in [4.78, 5) is 22.7. The van der Waals surface area contributed by atoms with Gasteiger partial charge >= 0.3 is 12.1 Å². The molecule has 0 aromatic heterocycles. The Kier molecular flexibility index (Phi) is 4.64. The molecule has 2 aromatic rings. The van der Waals surface area contributed by atoms with Crippen LogP contribution < -0.4 is 4.74 Å². The van der Waals surface area contributed by atoms with E-state index in [9.17, 15) is 14.0 Å². The molecular weight excluding hydrogens is 303 g/mol. The smallest absolute Gasteiger partial charge is 0.478 e. The third-order valence-electron chi connectivity index (χ3n) is 3.18. The van der Waals surface area contributed by atoms with Gasteiger partial charge in [0.1, 0.15) is 5.60 Å². The SMILES string of the molecule is CC(C)(OC(=O)Oc1cc(C(=O)O)ccc1F)c1ccccc1. The number of carboxylic acids is 1. The first-order valence-electron chi connectivity index (χ1n) is 6.79. The quantitative estimate of drug-likeness (QED) is 0.682. The van der Waals surface area contributed by atoms with Crippen LogP contribution in [0.5, 0.6) is 5.75 Å². The van der Waals surface area contributed by atoms with Gasteiger partial charge in [-0.2, -0.15) is 0 Å². The number of carboxylic acid groups (broad SMARTS) is 1. The van der Waals surface area contributed by atoms with Gasteiger partial charge in [0.15, 0.2) is 11.6 Å². The van der Waals surface area contributed by atoms with Crippen molar-refractivity contribution in [2.75, 3.05) is 0 Å². The van der Waals surface area contributed by atoms with Crippen molar-refractivity contribution in [1.82, 2.24) is 0 Å². The van der Waals surface area contributed by atoms with Crippen molar-refractivity contribution in [3.8, 4) is 5.75 Å². The lowest BCUT2D eigenvalue weighted by molar-refractivity contribution is 0.00557. The molecule has 1 N–H and O–H groups in total. The lowest BCUT2D eigenvalue weighted by atomic mass is 9.98. The maximum Gasteiger partial charge on any atom is 0.514 e. The second kappa shape index (κ2) is 6.48. The first kappa shape index (κ1) is 16.5. The van der Waals surface area contributed by atoms with Crippen LogP contribution in [0.1, 0.15) is 29.8 Å². The van der Waals surface area contributed by atoms with Crippen molar-refractivity contribution < 1.29 is 28.6 Å². The van der Waals surface area contributed by atoms with Gasteiger partial charge in [0.25, 0.3) is 0 Å². The van der Waals surface area contributed by atoms with E-state index in [-0.39, 0.29) is 5.56 Å². The largest absolute Gasteiger partial charge is 0.514 e. The minimum Gasteiger partial charge on any atom is -0.478 e. The van der Waals surface area contributed by atoms with E-state index in [1.54, 1.807) is 38.1 Å². The van der Waals surface area contributed by atoms with Gasteiger partial charge in [0.05, 0.1) is 5.56 Å². The molecule has 23 heavy (non-hydrogen) atoms. The van der Waals surface area contributed by atoms with E-state index in [0.717, 1.165) is 23.8 Å². The summed E-state index contributed by atoms with van der Waals surface area (Å²) in [6, 6.07) is 11.9. The van der Waals surface area contributed by atoms with Crippen molar-refractivity contribution in [2.45, 2.75) is 19.4 Å². The zero-order valence-electron chi connectivity index (χ0n) is 12.6. The van der Waals surface area contributed by atoms with Crippen LogP contribution in [0.4, 0.5) is 9.18 Å². The highest BCUT2D eigenvalue weighted by Crippen LogP contribution is 2.26. The molecule has 0 aliphatic heterocycles. The molecule has 5 nitrogen and oxygen atoms in total. The molecular formula is C17H15FO5. The number of benzene rings is 2. The number of hydrogen-bond donors (Lipinski definition) is 1. The summed E-state index contributed by atoms with van der Waals surface area (Å²) in [7, 11) is 0. The molecule has 0 atom stereocenters. The topological polar surface area (TPSA) is 72.8 Å². The average Bonchev–Trinajstić information content (AvgIpc) is 2.49. The standard InChI is InChI=1S/C17H15FO5/c1-17(2,12-6-4-3-5-7-12)23-16(21)22-14-10-11(15(19)20)8-9-13(14)18/h3-10H,1-2H3,(H,19,20). The molecule has 120 valence electrons. The van der Waals surface area contributed by atoms with Crippen molar-refractivity contribution in [3.05, 3.63) is 65.5 Å². The molecule has 0 unspecified atom stereocenters. The Morgan fingerprint density at radius 2 is 1.74 bits per heavy atom. The van der Waals surface area contributed by atoms with Crippen molar-refractivity contribution >= 4 is 12.1 Å². The molecule has 0 saturated carbocycles. The molecule has 0 saturated heterocycles. The monoisotopic (exact) mass is 318 g/mol. The van der Waals surface area contributed by atoms with Gasteiger partial charge in [-0.25, -0.2) is 14.0 Å². The van der Waals surface area contributed by atoms with E-state index in [2.05, 4.69) is 0 Å². The molecule has 2 aromatic carbocycles. The van der Waals surface area contributed by atoms with Gasteiger partial charge in [-0.3, -0.25) is 0 Å². The summed E-state index contributed by atoms with van der Waals surface area (Å²) < 4.78 is 23.6. The van der Waals surface area contributed by atoms with Gasteiger partial charge in [0.2, 0.25) is 0 Å². The number of carbonyl (C=O) groups is 2. The van der Waals surface area contributed by atoms with Crippen LogP contribution >= 0.6 is 0 Å². The van der Waals surface area contributed by atoms with Crippen LogP contribution in [-0.4, -0.2) is 17.2 Å². The summed E-state index contributed by atoms with van der Waals surface area (Å²) in [5.41, 5.74) is -0.451. The van der Waals surface area contributed by atoms with Crippen LogP contribution in [-0.2, 0) is 10.3 Å². The molecule has 0 fully saturated rings. The highest BCUT2D eigenvalue weighted by atomic mass is 19.1. The summed E-state index contributed by atoms with van der Waals surface area (Å²) in [6.07, 6.45) is -1.12. The van der Waals surface area contributed by atoms with Crippen molar-refractivity contribution in [1.29, 1.82) is 0 Å². The Hall–Kier alpha value is -2.89. The van der Waals surface area contributed by atoms with Crippen LogP contribution in [0.15, 0.2) is 48.5 Å². The number of carbonyl (C=O) groups excluding carboxylic acids is 1. The van der Waals surface area contributed by atoms with Crippen molar-refractivity contribution in [2.24, 2.45) is 0 Å². The van der Waals surface area contributed by atoms with E-state index in [1.165, 1.54) is 0 Å². The fourth-order valence-electron chi connectivity index (χ4n) is 1.93. The molecule has 0 aliphatic carbocycles. The van der Waals surface area contributed by atoms with Crippen LogP contribution in [0.3, 0.4) is 0 Å². The first-order valence-corrected chi connectivity index (χ1v) is 6.79. The number of hydrogen-bond acceptors (Lipinski definition) is 4. The second-order valence-corrected chi connectivity index (χ2v) is 5.28. The van der Waals surface area contributed by atoms with Gasteiger partial charge < -0.3 is 14.6 Å². The third-order valence-corrected chi connectivity index (χ3v) is 3.18. The van der Waals surface area contributed by atoms with E-state index >= 15 is 0 Å². The fourth-order valence-corrected chi connectivity index (χ4v) is 1.93. The van der Waals surface area contributed by atoms with Gasteiger partial charge in [-0.15, -0.1) is 0 Å². The number of halogens is 1. The maximum atomic E-state index is 13.6. The Bertz CT molecular complexity index is 725. The predicted molar refractivity (Wildman–Crippen MR) is 79.9 cm³/mol. The zero-order valence-corrected chi connectivity index (χ0v) is 12.6. The Labute approximate surface area is 132 Å². The van der Waals surface area contributed by atoms with E-state index < -0.39 is 29.3 Å². The third kappa shape index (κ3) is 4.06. The summed E-state index contributed by atoms with van der Waals surface area (Å²) >= 11 is 0. The Balaban J connectivity index is 2.14. The minimum atomic E-state index is -1.26. The minimum absolute atomic E-state index is 0.198. The fraction of sp³-hybridized carbons (Fsp3) is 0.176. The molecule has 0 heterocycles. The average molecular weight is 318 g/mol. The Morgan fingerprint density at radius 3 is 2.35 bits per heavy atom. The number of ether oxygens (including phenoxy) is 2. The Morgan fingerprint density at radius 1 is 1.09 bits per heavy atom. The normalized spacial score (nSPS) is 10.9. The van der Waals surface area contributed by atoms with Gasteiger partial charge in [-0.05, 0) is 37.6 Å². The highest BCUT2D eigenvalue weighted by molar-refractivity contribution is 5.88. The molecule has 0 bridgehead atoms. The number of rotatable bonds is 4. The zero-order chi connectivity index (χ0) is 17.0. The molecule has 0 amide bonds. The molecule has 0 aliphatic rings. The van der Waals surface area contributed by atoms with Crippen LogP contribution in [0.2, 0.25) is 0 Å². The van der Waals surface area contributed by atoms with Crippen LogP contribution in [0.25, 0.3) is 0 Å².